The average Bonchev–Trinajstić information content (AvgIpc) is 3.01. The lowest BCUT2D eigenvalue weighted by Gasteiger charge is -2.13. The van der Waals surface area contributed by atoms with E-state index in [2.05, 4.69) is 10.3 Å². The van der Waals surface area contributed by atoms with Gasteiger partial charge in [0.15, 0.2) is 0 Å². The minimum atomic E-state index is -0.984. The quantitative estimate of drug-likeness (QED) is 0.250. The van der Waals surface area contributed by atoms with Gasteiger partial charge in [-0.3, -0.25) is 0 Å². The van der Waals surface area contributed by atoms with E-state index < -0.39 is 30.1 Å². The number of hydrogen-bond acceptors (Lipinski definition) is 6. The molecule has 140 valence electrons. The Morgan fingerprint density at radius 3 is 2.54 bits per heavy atom. The number of ether oxygens (including phenoxy) is 1. The summed E-state index contributed by atoms with van der Waals surface area (Å²) < 4.78 is 4.76. The molecule has 26 heavy (non-hydrogen) atoms. The fourth-order valence-corrected chi connectivity index (χ4v) is 2.52. The van der Waals surface area contributed by atoms with E-state index in [1.807, 2.05) is 24.3 Å². The molecule has 1 aromatic heterocycles. The van der Waals surface area contributed by atoms with Crippen molar-refractivity contribution in [3.63, 3.8) is 0 Å². The predicted molar refractivity (Wildman–Crippen MR) is 95.9 cm³/mol. The summed E-state index contributed by atoms with van der Waals surface area (Å²) in [5.41, 5.74) is 18.3. The Hall–Kier alpha value is -2.91. The number of nitrogens with two attached hydrogens (primary N) is 3. The first-order chi connectivity index (χ1) is 12.4. The third-order valence-electron chi connectivity index (χ3n) is 3.91. The Morgan fingerprint density at radius 2 is 1.81 bits per heavy atom. The molecule has 0 saturated carbocycles. The second-order valence-corrected chi connectivity index (χ2v) is 5.95. The number of fused-ring (bicyclic) bond motifs is 1. The number of carbonyl (C=O) groups excluding carboxylic acids is 3. The number of H-pyrrole nitrogens is 1. The fourth-order valence-electron chi connectivity index (χ4n) is 2.52. The van der Waals surface area contributed by atoms with E-state index in [1.165, 1.54) is 0 Å². The summed E-state index contributed by atoms with van der Waals surface area (Å²) in [6.07, 6.45) is 2.67. The summed E-state index contributed by atoms with van der Waals surface area (Å²) in [6.45, 7) is 0.282. The summed E-state index contributed by atoms with van der Waals surface area (Å²) in [5.74, 6) is -1.67. The molecule has 8 N–H and O–H groups in total. The van der Waals surface area contributed by atoms with Gasteiger partial charge in [0.2, 0.25) is 0 Å². The van der Waals surface area contributed by atoms with Crippen molar-refractivity contribution >= 4 is 28.9 Å². The van der Waals surface area contributed by atoms with Gasteiger partial charge < -0.3 is 32.2 Å². The van der Waals surface area contributed by atoms with Gasteiger partial charge in [0.25, 0.3) is 0 Å². The van der Waals surface area contributed by atoms with Gasteiger partial charge in [0.05, 0.1) is 0 Å². The van der Waals surface area contributed by atoms with Crippen LogP contribution in [-0.4, -0.2) is 41.6 Å². The number of aromatic amines is 1. The minimum Gasteiger partial charge on any atom is -0.391 e. The van der Waals surface area contributed by atoms with Gasteiger partial charge in [-0.1, -0.05) is 18.2 Å². The van der Waals surface area contributed by atoms with Crippen molar-refractivity contribution in [3.05, 3.63) is 36.0 Å². The van der Waals surface area contributed by atoms with E-state index in [0.29, 0.717) is 6.42 Å². The molecule has 9 heteroatoms. The zero-order valence-electron chi connectivity index (χ0n) is 14.2. The van der Waals surface area contributed by atoms with Crippen LogP contribution in [0.5, 0.6) is 0 Å². The Kier molecular flexibility index (Phi) is 6.70. The van der Waals surface area contributed by atoms with Crippen LogP contribution in [0.25, 0.3) is 10.9 Å². The first-order valence-electron chi connectivity index (χ1n) is 8.23. The molecule has 0 aliphatic rings. The van der Waals surface area contributed by atoms with Gasteiger partial charge >= 0.3 is 18.0 Å². The molecule has 2 amide bonds. The second kappa shape index (κ2) is 8.97. The highest BCUT2D eigenvalue weighted by atomic mass is 16.6. The molecular weight excluding hydrogens is 338 g/mol. The lowest BCUT2D eigenvalue weighted by atomic mass is 10.1. The highest BCUT2D eigenvalue weighted by Crippen LogP contribution is 2.19. The average molecular weight is 361 g/mol. The Bertz CT molecular complexity index is 788. The molecule has 0 aliphatic carbocycles. The summed E-state index contributed by atoms with van der Waals surface area (Å²) in [5, 5.41) is 3.34. The van der Waals surface area contributed by atoms with Crippen molar-refractivity contribution in [2.75, 3.05) is 6.54 Å². The van der Waals surface area contributed by atoms with Crippen molar-refractivity contribution in [2.45, 2.75) is 31.3 Å². The Labute approximate surface area is 150 Å². The maximum Gasteiger partial charge on any atom is 0.330 e. The fraction of sp³-hybridized carbons (Fsp3) is 0.353. The van der Waals surface area contributed by atoms with Crippen LogP contribution < -0.4 is 22.5 Å². The maximum atomic E-state index is 12.0. The lowest BCUT2D eigenvalue weighted by molar-refractivity contribution is -0.161. The standard InChI is InChI=1S/C17H23N5O4/c18-12(5-3-7-21-17(20)25)15(23)26-16(24)13(19)8-10-9-22-14-6-2-1-4-11(10)14/h1-2,4,6,9,12-13,22H,3,5,7-8,18-19H2,(H3,20,21,25)/t12-,13-/m0/s1. The topological polar surface area (TPSA) is 166 Å². The van der Waals surface area contributed by atoms with Gasteiger partial charge in [-0.2, -0.15) is 0 Å². The molecule has 0 saturated heterocycles. The Morgan fingerprint density at radius 1 is 1.12 bits per heavy atom. The van der Waals surface area contributed by atoms with Gasteiger partial charge in [0.1, 0.15) is 12.1 Å². The van der Waals surface area contributed by atoms with Crippen molar-refractivity contribution in [1.29, 1.82) is 0 Å². The molecule has 2 aromatic rings. The van der Waals surface area contributed by atoms with E-state index in [1.54, 1.807) is 6.20 Å². The number of primary amides is 1. The summed E-state index contributed by atoms with van der Waals surface area (Å²) >= 11 is 0. The molecule has 2 rings (SSSR count). The zero-order chi connectivity index (χ0) is 19.1. The van der Waals surface area contributed by atoms with Crippen LogP contribution in [0.15, 0.2) is 30.5 Å². The number of nitrogens with one attached hydrogen (secondary N) is 2. The molecule has 2 atom stereocenters. The van der Waals surface area contributed by atoms with E-state index >= 15 is 0 Å². The van der Waals surface area contributed by atoms with Gasteiger partial charge in [-0.15, -0.1) is 0 Å². The molecule has 1 heterocycles. The summed E-state index contributed by atoms with van der Waals surface area (Å²) in [7, 11) is 0. The Balaban J connectivity index is 1.82. The second-order valence-electron chi connectivity index (χ2n) is 5.95. The van der Waals surface area contributed by atoms with Crippen molar-refractivity contribution in [2.24, 2.45) is 17.2 Å². The van der Waals surface area contributed by atoms with Crippen molar-refractivity contribution in [3.8, 4) is 0 Å². The van der Waals surface area contributed by atoms with Crippen molar-refractivity contribution in [1.82, 2.24) is 10.3 Å². The molecule has 0 aliphatic heterocycles. The largest absolute Gasteiger partial charge is 0.391 e. The summed E-state index contributed by atoms with van der Waals surface area (Å²) in [4.78, 5) is 37.5. The SMILES string of the molecule is NC(=O)NCCC[C@H](N)C(=O)OC(=O)[C@@H](N)Cc1c[nH]c2ccccc12. The molecule has 0 unspecified atom stereocenters. The van der Waals surface area contributed by atoms with E-state index in [0.717, 1.165) is 16.5 Å². The zero-order valence-corrected chi connectivity index (χ0v) is 14.2. The molecule has 0 spiro atoms. The molecule has 0 radical (unpaired) electrons. The predicted octanol–water partition coefficient (Wildman–Crippen LogP) is -0.117. The van der Waals surface area contributed by atoms with Crippen LogP contribution in [0, 0.1) is 0 Å². The highest BCUT2D eigenvalue weighted by molar-refractivity contribution is 5.91. The van der Waals surface area contributed by atoms with Crippen molar-refractivity contribution < 1.29 is 19.1 Å². The smallest absolute Gasteiger partial charge is 0.330 e. The molecule has 1 aromatic carbocycles. The van der Waals surface area contributed by atoms with E-state index in [-0.39, 0.29) is 19.4 Å². The number of urea groups is 1. The van der Waals surface area contributed by atoms with E-state index in [4.69, 9.17) is 21.9 Å². The van der Waals surface area contributed by atoms with Crippen LogP contribution in [0.2, 0.25) is 0 Å². The number of aromatic nitrogens is 1. The number of amides is 2. The molecule has 0 bridgehead atoms. The van der Waals surface area contributed by atoms with Gasteiger partial charge in [-0.25, -0.2) is 14.4 Å². The number of benzene rings is 1. The number of esters is 2. The van der Waals surface area contributed by atoms with Crippen LogP contribution in [-0.2, 0) is 20.7 Å². The summed E-state index contributed by atoms with van der Waals surface area (Å²) in [6, 6.07) is 5.00. The van der Waals surface area contributed by atoms with Gasteiger partial charge in [-0.05, 0) is 24.5 Å². The van der Waals surface area contributed by atoms with E-state index in [9.17, 15) is 14.4 Å². The number of hydrogen-bond donors (Lipinski definition) is 5. The molecule has 0 fully saturated rings. The number of para-hydroxylation sites is 1. The van der Waals surface area contributed by atoms with Crippen LogP contribution in [0.3, 0.4) is 0 Å². The van der Waals surface area contributed by atoms with Gasteiger partial charge in [0, 0.05) is 30.1 Å². The first kappa shape index (κ1) is 19.4. The van der Waals surface area contributed by atoms with Crippen LogP contribution in [0.4, 0.5) is 4.79 Å². The first-order valence-corrected chi connectivity index (χ1v) is 8.23. The lowest BCUT2D eigenvalue weighted by Crippen LogP contribution is -2.41. The number of carbonyl (C=O) groups is 3. The maximum absolute atomic E-state index is 12.0. The normalized spacial score (nSPS) is 13.2. The number of rotatable bonds is 8. The minimum absolute atomic E-state index is 0.230. The molecule has 9 nitrogen and oxygen atoms in total. The third-order valence-corrected chi connectivity index (χ3v) is 3.91. The van der Waals surface area contributed by atoms with Crippen LogP contribution >= 0.6 is 0 Å². The highest BCUT2D eigenvalue weighted by Gasteiger charge is 2.24. The monoisotopic (exact) mass is 361 g/mol. The third kappa shape index (κ3) is 5.30. The van der Waals surface area contributed by atoms with Crippen LogP contribution in [0.1, 0.15) is 18.4 Å². The molecular formula is C17H23N5O4.